The van der Waals surface area contributed by atoms with Gasteiger partial charge >= 0.3 is 5.97 Å². The van der Waals surface area contributed by atoms with Crippen LogP contribution in [0.1, 0.15) is 22.3 Å². The van der Waals surface area contributed by atoms with Gasteiger partial charge in [0.25, 0.3) is 5.79 Å². The van der Waals surface area contributed by atoms with Gasteiger partial charge in [0, 0.05) is 17.6 Å². The lowest BCUT2D eigenvalue weighted by Gasteiger charge is -2.26. The Hall–Kier alpha value is -3.75. The van der Waals surface area contributed by atoms with Gasteiger partial charge in [0.15, 0.2) is 11.5 Å². The quantitative estimate of drug-likeness (QED) is 0.460. The highest BCUT2D eigenvalue weighted by molar-refractivity contribution is 7.00. The number of fused-ring (bicyclic) bond motifs is 2. The van der Waals surface area contributed by atoms with Crippen LogP contribution in [0.25, 0.3) is 16.6 Å². The van der Waals surface area contributed by atoms with Crippen molar-refractivity contribution in [2.75, 3.05) is 6.79 Å². The molecule has 4 aromatic rings. The normalized spacial score (nSPS) is 19.4. The second-order valence-corrected chi connectivity index (χ2v) is 8.61. The molecule has 0 saturated heterocycles. The zero-order valence-corrected chi connectivity index (χ0v) is 18.4. The zero-order chi connectivity index (χ0) is 22.6. The predicted octanol–water partition coefficient (Wildman–Crippen LogP) is 4.13. The van der Waals surface area contributed by atoms with Crippen molar-refractivity contribution in [1.82, 2.24) is 8.75 Å². The van der Waals surface area contributed by atoms with Crippen molar-refractivity contribution in [3.8, 4) is 11.5 Å². The van der Waals surface area contributed by atoms with Crippen molar-refractivity contribution >= 4 is 34.3 Å². The van der Waals surface area contributed by atoms with E-state index in [1.165, 1.54) is 0 Å². The van der Waals surface area contributed by atoms with E-state index in [4.69, 9.17) is 14.2 Å². The first-order valence-corrected chi connectivity index (χ1v) is 11.1. The van der Waals surface area contributed by atoms with Gasteiger partial charge in [0.1, 0.15) is 11.0 Å². The Kier molecular flexibility index (Phi) is 4.46. The van der Waals surface area contributed by atoms with Crippen molar-refractivity contribution in [2.45, 2.75) is 19.1 Å². The molecule has 0 amide bonds. The molecule has 1 unspecified atom stereocenters. The maximum absolute atomic E-state index is 13.2. The van der Waals surface area contributed by atoms with Crippen molar-refractivity contribution in [3.63, 3.8) is 0 Å². The fourth-order valence-corrected chi connectivity index (χ4v) is 4.76. The van der Waals surface area contributed by atoms with Crippen LogP contribution >= 0.6 is 11.7 Å². The maximum Gasteiger partial charge on any atom is 0.342 e. The molecule has 0 saturated carbocycles. The minimum Gasteiger partial charge on any atom is -0.454 e. The van der Waals surface area contributed by atoms with Crippen LogP contribution in [0.3, 0.4) is 0 Å². The highest BCUT2D eigenvalue weighted by Crippen LogP contribution is 2.45. The summed E-state index contributed by atoms with van der Waals surface area (Å²) in [7, 11) is 0. The highest BCUT2D eigenvalue weighted by Gasteiger charge is 2.48. The Balaban J connectivity index is 1.53. The molecule has 2 aliphatic rings. The number of cyclic esters (lactones) is 1. The van der Waals surface area contributed by atoms with Crippen molar-refractivity contribution in [3.05, 3.63) is 88.5 Å². The number of aryl methyl sites for hydroxylation is 1. The number of hydrogen-bond donors (Lipinski definition) is 1. The molecular formula is C25H18N2O5S. The van der Waals surface area contributed by atoms with E-state index < -0.39 is 11.8 Å². The number of hydrogen-bond acceptors (Lipinski definition) is 8. The third-order valence-corrected chi connectivity index (χ3v) is 6.52. The van der Waals surface area contributed by atoms with E-state index in [1.54, 1.807) is 24.3 Å². The number of benzene rings is 3. The van der Waals surface area contributed by atoms with Crippen LogP contribution in [0.4, 0.5) is 0 Å². The number of rotatable bonds is 4. The first-order valence-electron chi connectivity index (χ1n) is 10.4. The first-order chi connectivity index (χ1) is 16.0. The molecule has 0 spiro atoms. The number of ether oxygens (including phenoxy) is 3. The van der Waals surface area contributed by atoms with E-state index in [0.29, 0.717) is 39.3 Å². The van der Waals surface area contributed by atoms with E-state index >= 15 is 0 Å². The molecule has 3 heterocycles. The molecule has 0 bridgehead atoms. The number of carbonyl (C=O) groups excluding carboxylic acids is 1. The van der Waals surface area contributed by atoms with Crippen LogP contribution in [-0.2, 0) is 21.7 Å². The fraction of sp³-hybridized carbons (Fsp3) is 0.160. The molecule has 164 valence electrons. The van der Waals surface area contributed by atoms with E-state index in [9.17, 15) is 9.90 Å². The molecule has 2 aliphatic heterocycles. The largest absolute Gasteiger partial charge is 0.454 e. The topological polar surface area (TPSA) is 90.8 Å². The summed E-state index contributed by atoms with van der Waals surface area (Å²) in [4.78, 5) is 13.2. The van der Waals surface area contributed by atoms with Gasteiger partial charge in [-0.2, -0.15) is 8.75 Å². The molecule has 1 atom stereocenters. The highest BCUT2D eigenvalue weighted by atomic mass is 32.1. The van der Waals surface area contributed by atoms with Crippen LogP contribution in [0.5, 0.6) is 11.5 Å². The Morgan fingerprint density at radius 2 is 1.76 bits per heavy atom. The monoisotopic (exact) mass is 458 g/mol. The van der Waals surface area contributed by atoms with Gasteiger partial charge in [-0.1, -0.05) is 42.0 Å². The van der Waals surface area contributed by atoms with E-state index in [0.717, 1.165) is 28.4 Å². The average Bonchev–Trinajstić information content (AvgIpc) is 3.52. The third-order valence-electron chi connectivity index (χ3n) is 5.96. The molecular weight excluding hydrogens is 440 g/mol. The smallest absolute Gasteiger partial charge is 0.342 e. The van der Waals surface area contributed by atoms with E-state index in [1.807, 2.05) is 43.3 Å². The van der Waals surface area contributed by atoms with Crippen LogP contribution in [0.15, 0.2) is 66.2 Å². The molecule has 8 heteroatoms. The maximum atomic E-state index is 13.2. The van der Waals surface area contributed by atoms with E-state index in [-0.39, 0.29) is 13.2 Å². The van der Waals surface area contributed by atoms with Crippen LogP contribution in [-0.4, -0.2) is 26.6 Å². The summed E-state index contributed by atoms with van der Waals surface area (Å²) in [6.45, 7) is 2.13. The molecule has 1 aromatic heterocycles. The number of nitrogens with zero attached hydrogens (tertiary/aromatic N) is 2. The second-order valence-electron chi connectivity index (χ2n) is 8.09. The summed E-state index contributed by atoms with van der Waals surface area (Å²) in [5.74, 6) is -1.18. The number of aliphatic hydroxyl groups is 1. The molecule has 6 rings (SSSR count). The van der Waals surface area contributed by atoms with Crippen molar-refractivity contribution in [1.29, 1.82) is 0 Å². The summed E-state index contributed by atoms with van der Waals surface area (Å²) >= 11 is 1.11. The SMILES string of the molecule is Cc1ccc(C2(O)OC(=O)C(c3ccc4nsnc4c3)=C2Cc2ccc3c(c2)OCO3)cc1. The fourth-order valence-electron chi connectivity index (χ4n) is 4.24. The summed E-state index contributed by atoms with van der Waals surface area (Å²) in [5, 5.41) is 11.8. The molecule has 3 aromatic carbocycles. The molecule has 0 fully saturated rings. The summed E-state index contributed by atoms with van der Waals surface area (Å²) in [5.41, 5.74) is 5.22. The van der Waals surface area contributed by atoms with Crippen molar-refractivity contribution in [2.24, 2.45) is 0 Å². The number of carbonyl (C=O) groups is 1. The van der Waals surface area contributed by atoms with Gasteiger partial charge in [-0.25, -0.2) is 4.79 Å². The van der Waals surface area contributed by atoms with Crippen LogP contribution in [0, 0.1) is 6.92 Å². The van der Waals surface area contributed by atoms with Gasteiger partial charge in [-0.3, -0.25) is 0 Å². The first kappa shape index (κ1) is 19.9. The molecule has 0 radical (unpaired) electrons. The summed E-state index contributed by atoms with van der Waals surface area (Å²) < 4.78 is 25.1. The predicted molar refractivity (Wildman–Crippen MR) is 122 cm³/mol. The third kappa shape index (κ3) is 3.26. The minimum atomic E-state index is -1.90. The van der Waals surface area contributed by atoms with Crippen molar-refractivity contribution < 1.29 is 24.1 Å². The lowest BCUT2D eigenvalue weighted by atomic mass is 9.87. The Morgan fingerprint density at radius 3 is 2.61 bits per heavy atom. The summed E-state index contributed by atoms with van der Waals surface area (Å²) in [6.07, 6.45) is 0.273. The lowest BCUT2D eigenvalue weighted by molar-refractivity contribution is -0.185. The second kappa shape index (κ2) is 7.40. The standard InChI is InChI=1S/C25H18N2O5S/c1-14-2-6-17(7-3-14)25(29)18(10-15-4-9-21-22(11-15)31-13-30-21)23(24(28)32-25)16-5-8-19-20(12-16)27-33-26-19/h2-9,11-12,29H,10,13H2,1H3. The molecule has 33 heavy (non-hydrogen) atoms. The van der Waals surface area contributed by atoms with Gasteiger partial charge in [0.2, 0.25) is 6.79 Å². The lowest BCUT2D eigenvalue weighted by Crippen LogP contribution is -2.29. The van der Waals surface area contributed by atoms with Gasteiger partial charge in [-0.05, 0) is 42.3 Å². The van der Waals surface area contributed by atoms with E-state index in [2.05, 4.69) is 8.75 Å². The summed E-state index contributed by atoms with van der Waals surface area (Å²) in [6, 6.07) is 18.3. The number of aromatic nitrogens is 2. The molecule has 7 nitrogen and oxygen atoms in total. The van der Waals surface area contributed by atoms with Crippen LogP contribution < -0.4 is 9.47 Å². The molecule has 1 N–H and O–H groups in total. The van der Waals surface area contributed by atoms with Crippen LogP contribution in [0.2, 0.25) is 0 Å². The number of esters is 1. The minimum absolute atomic E-state index is 0.170. The van der Waals surface area contributed by atoms with Gasteiger partial charge in [-0.15, -0.1) is 0 Å². The van der Waals surface area contributed by atoms with Gasteiger partial charge < -0.3 is 19.3 Å². The average molecular weight is 458 g/mol. The Bertz CT molecular complexity index is 1440. The van der Waals surface area contributed by atoms with Gasteiger partial charge in [0.05, 0.1) is 17.3 Å². The Morgan fingerprint density at radius 1 is 0.970 bits per heavy atom. The molecule has 0 aliphatic carbocycles. The zero-order valence-electron chi connectivity index (χ0n) is 17.6. The Labute approximate surface area is 193 Å².